The molecule has 1 fully saturated rings. The predicted octanol–water partition coefficient (Wildman–Crippen LogP) is 5.30. The van der Waals surface area contributed by atoms with Crippen LogP contribution in [0, 0.1) is 0 Å². The van der Waals surface area contributed by atoms with Gasteiger partial charge < -0.3 is 0 Å². The zero-order chi connectivity index (χ0) is 16.1. The molecule has 1 aliphatic heterocycles. The minimum Gasteiger partial charge on any atom is -0.285 e. The van der Waals surface area contributed by atoms with Gasteiger partial charge in [-0.1, -0.05) is 43.5 Å². The van der Waals surface area contributed by atoms with Crippen molar-refractivity contribution in [3.8, 4) is 0 Å². The fourth-order valence-corrected chi connectivity index (χ4v) is 3.20. The van der Waals surface area contributed by atoms with E-state index in [4.69, 9.17) is 9.98 Å². The van der Waals surface area contributed by atoms with Crippen molar-refractivity contribution in [2.24, 2.45) is 15.0 Å². The maximum atomic E-state index is 4.91. The standard InChI is InChI=1S/C20H25N3/c1-15(21-17-9-5-3-6-10-17)19-13-14-20(23-19)16(2)22-18-11-7-4-8-12-18/h3,5-6,9-10,13,18H,4,7-8,11-12,14H2,1-2H3. The molecule has 2 aliphatic rings. The molecule has 0 radical (unpaired) electrons. The molecule has 120 valence electrons. The Labute approximate surface area is 139 Å². The molecule has 0 saturated heterocycles. The van der Waals surface area contributed by atoms with Crippen LogP contribution in [-0.2, 0) is 0 Å². The molecular weight excluding hydrogens is 282 g/mol. The molecule has 1 aliphatic carbocycles. The molecule has 3 heteroatoms. The summed E-state index contributed by atoms with van der Waals surface area (Å²) in [5, 5.41) is 0. The van der Waals surface area contributed by atoms with Crippen molar-refractivity contribution in [3.05, 3.63) is 42.1 Å². The van der Waals surface area contributed by atoms with E-state index < -0.39 is 0 Å². The minimum atomic E-state index is 0.509. The first-order valence-electron chi connectivity index (χ1n) is 8.65. The third kappa shape index (κ3) is 4.25. The van der Waals surface area contributed by atoms with Crippen LogP contribution < -0.4 is 0 Å². The first-order chi connectivity index (χ1) is 11.2. The molecular formula is C20H25N3. The Morgan fingerprint density at radius 1 is 1.00 bits per heavy atom. The number of hydrogen-bond donors (Lipinski definition) is 0. The number of para-hydroxylation sites is 1. The molecule has 0 bridgehead atoms. The summed E-state index contributed by atoms with van der Waals surface area (Å²) < 4.78 is 0. The van der Waals surface area contributed by atoms with E-state index in [9.17, 15) is 0 Å². The Hall–Kier alpha value is -2.03. The fourth-order valence-electron chi connectivity index (χ4n) is 3.20. The molecule has 0 aromatic heterocycles. The van der Waals surface area contributed by atoms with Crippen molar-refractivity contribution in [2.75, 3.05) is 0 Å². The summed E-state index contributed by atoms with van der Waals surface area (Å²) in [7, 11) is 0. The van der Waals surface area contributed by atoms with Crippen LogP contribution in [0.25, 0.3) is 0 Å². The quantitative estimate of drug-likeness (QED) is 0.677. The van der Waals surface area contributed by atoms with E-state index in [0.29, 0.717) is 6.04 Å². The van der Waals surface area contributed by atoms with Crippen molar-refractivity contribution < 1.29 is 0 Å². The monoisotopic (exact) mass is 307 g/mol. The van der Waals surface area contributed by atoms with Crippen LogP contribution in [0.4, 0.5) is 5.69 Å². The number of aliphatic imine (C=N–C) groups is 3. The van der Waals surface area contributed by atoms with Crippen molar-refractivity contribution >= 4 is 22.8 Å². The molecule has 0 N–H and O–H groups in total. The van der Waals surface area contributed by atoms with Crippen molar-refractivity contribution in [2.45, 2.75) is 58.4 Å². The molecule has 1 aromatic rings. The third-order valence-corrected chi connectivity index (χ3v) is 4.54. The molecule has 1 aromatic carbocycles. The molecule has 1 heterocycles. The van der Waals surface area contributed by atoms with Gasteiger partial charge in [0, 0.05) is 6.42 Å². The average molecular weight is 307 g/mol. The fraction of sp³-hybridized carbons (Fsp3) is 0.450. The average Bonchev–Trinajstić information content (AvgIpc) is 3.07. The van der Waals surface area contributed by atoms with Crippen LogP contribution in [0.15, 0.2) is 57.1 Å². The van der Waals surface area contributed by atoms with E-state index >= 15 is 0 Å². The van der Waals surface area contributed by atoms with Gasteiger partial charge in [-0.2, -0.15) is 0 Å². The lowest BCUT2D eigenvalue weighted by atomic mass is 9.96. The first kappa shape index (κ1) is 15.9. The number of allylic oxidation sites excluding steroid dienone is 2. The first-order valence-corrected chi connectivity index (χ1v) is 8.65. The molecule has 0 spiro atoms. The summed E-state index contributed by atoms with van der Waals surface area (Å²) in [5.74, 6) is 0. The second kappa shape index (κ2) is 7.49. The minimum absolute atomic E-state index is 0.509. The highest BCUT2D eigenvalue weighted by molar-refractivity contribution is 6.43. The van der Waals surface area contributed by atoms with Gasteiger partial charge in [0.05, 0.1) is 34.6 Å². The number of nitrogens with zero attached hydrogens (tertiary/aromatic N) is 3. The van der Waals surface area contributed by atoms with Gasteiger partial charge in [0.1, 0.15) is 0 Å². The molecule has 3 rings (SSSR count). The summed E-state index contributed by atoms with van der Waals surface area (Å²) in [6.45, 7) is 4.13. The van der Waals surface area contributed by atoms with Gasteiger partial charge in [-0.3, -0.25) is 9.98 Å². The van der Waals surface area contributed by atoms with Crippen molar-refractivity contribution in [1.82, 2.24) is 0 Å². The van der Waals surface area contributed by atoms with Gasteiger partial charge in [0.2, 0.25) is 0 Å². The van der Waals surface area contributed by atoms with Gasteiger partial charge >= 0.3 is 0 Å². The van der Waals surface area contributed by atoms with Gasteiger partial charge in [-0.05, 0) is 38.8 Å². The number of benzene rings is 1. The second-order valence-electron chi connectivity index (χ2n) is 6.39. The zero-order valence-electron chi connectivity index (χ0n) is 14.1. The highest BCUT2D eigenvalue weighted by Crippen LogP contribution is 2.22. The van der Waals surface area contributed by atoms with Gasteiger partial charge in [-0.25, -0.2) is 4.99 Å². The highest BCUT2D eigenvalue weighted by atomic mass is 14.9. The topological polar surface area (TPSA) is 37.1 Å². The normalized spacial score (nSPS) is 20.4. The second-order valence-corrected chi connectivity index (χ2v) is 6.39. The largest absolute Gasteiger partial charge is 0.285 e. The number of hydrogen-bond acceptors (Lipinski definition) is 3. The zero-order valence-corrected chi connectivity index (χ0v) is 14.1. The molecule has 0 amide bonds. The summed E-state index contributed by atoms with van der Waals surface area (Å²) >= 11 is 0. The van der Waals surface area contributed by atoms with E-state index in [1.54, 1.807) is 0 Å². The predicted molar refractivity (Wildman–Crippen MR) is 99.3 cm³/mol. The summed E-state index contributed by atoms with van der Waals surface area (Å²) in [4.78, 5) is 14.3. The smallest absolute Gasteiger partial charge is 0.0810 e. The van der Waals surface area contributed by atoms with E-state index in [-0.39, 0.29) is 0 Å². The highest BCUT2D eigenvalue weighted by Gasteiger charge is 2.16. The molecule has 3 nitrogen and oxygen atoms in total. The van der Waals surface area contributed by atoms with Gasteiger partial charge in [-0.15, -0.1) is 0 Å². The Kier molecular flexibility index (Phi) is 5.16. The molecule has 0 unspecified atom stereocenters. The summed E-state index contributed by atoms with van der Waals surface area (Å²) in [6, 6.07) is 10.5. The molecule has 23 heavy (non-hydrogen) atoms. The van der Waals surface area contributed by atoms with E-state index in [0.717, 1.165) is 34.9 Å². The lowest BCUT2D eigenvalue weighted by molar-refractivity contribution is 0.444. The van der Waals surface area contributed by atoms with Crippen LogP contribution >= 0.6 is 0 Å². The molecule has 1 saturated carbocycles. The summed E-state index contributed by atoms with van der Waals surface area (Å²) in [6.07, 6.45) is 9.52. The van der Waals surface area contributed by atoms with Crippen LogP contribution in [-0.4, -0.2) is 23.2 Å². The van der Waals surface area contributed by atoms with Crippen molar-refractivity contribution in [3.63, 3.8) is 0 Å². The SMILES string of the molecule is CC(=Nc1ccccc1)C1=CCC(C(C)=NC2CCCCC2)=N1. The maximum absolute atomic E-state index is 4.91. The lowest BCUT2D eigenvalue weighted by Gasteiger charge is -2.18. The van der Waals surface area contributed by atoms with Crippen molar-refractivity contribution in [1.29, 1.82) is 0 Å². The van der Waals surface area contributed by atoms with Crippen LogP contribution in [0.1, 0.15) is 52.4 Å². The van der Waals surface area contributed by atoms with E-state index in [1.165, 1.54) is 32.1 Å². The van der Waals surface area contributed by atoms with Gasteiger partial charge in [0.15, 0.2) is 0 Å². The number of rotatable bonds is 4. The molecule has 0 atom stereocenters. The van der Waals surface area contributed by atoms with Gasteiger partial charge in [0.25, 0.3) is 0 Å². The summed E-state index contributed by atoms with van der Waals surface area (Å²) in [5.41, 5.74) is 5.14. The maximum Gasteiger partial charge on any atom is 0.0810 e. The van der Waals surface area contributed by atoms with E-state index in [1.807, 2.05) is 37.3 Å². The third-order valence-electron chi connectivity index (χ3n) is 4.54. The Bertz CT molecular complexity index is 659. The van der Waals surface area contributed by atoms with Crippen LogP contribution in [0.2, 0.25) is 0 Å². The van der Waals surface area contributed by atoms with Crippen LogP contribution in [0.5, 0.6) is 0 Å². The Morgan fingerprint density at radius 3 is 2.48 bits per heavy atom. The Balaban J connectivity index is 1.69. The van der Waals surface area contributed by atoms with E-state index in [2.05, 4.69) is 18.0 Å². The van der Waals surface area contributed by atoms with Crippen LogP contribution in [0.3, 0.4) is 0 Å². The lowest BCUT2D eigenvalue weighted by Crippen LogP contribution is -2.16. The Morgan fingerprint density at radius 2 is 1.74 bits per heavy atom.